The Balaban J connectivity index is 0.000000344. The van der Waals surface area contributed by atoms with Crippen LogP contribution >= 0.6 is 0 Å². The third-order valence-corrected chi connectivity index (χ3v) is 3.15. The molecule has 0 amide bonds. The molecular weight excluding hydrogens is 312 g/mol. The number of hydrogen-bond acceptors (Lipinski definition) is 1. The summed E-state index contributed by atoms with van der Waals surface area (Å²) in [6.07, 6.45) is 2.21. The van der Waals surface area contributed by atoms with Gasteiger partial charge < -0.3 is 4.74 Å². The molecule has 0 saturated heterocycles. The average Bonchev–Trinajstić information content (AvgIpc) is 3.24. The van der Waals surface area contributed by atoms with Crippen molar-refractivity contribution in [2.24, 2.45) is 0 Å². The Morgan fingerprint density at radius 3 is 2.14 bits per heavy atom. The predicted molar refractivity (Wildman–Crippen MR) is 88.5 cm³/mol. The summed E-state index contributed by atoms with van der Waals surface area (Å²) in [5.41, 5.74) is 2.65. The maximum absolute atomic E-state index is 5.62. The van der Waals surface area contributed by atoms with Crippen LogP contribution in [0.3, 0.4) is 0 Å². The van der Waals surface area contributed by atoms with E-state index in [1.165, 1.54) is 11.1 Å². The zero-order valence-corrected chi connectivity index (χ0v) is 13.8. The van der Waals surface area contributed by atoms with Gasteiger partial charge >= 0.3 is 17.1 Å². The molecule has 0 heterocycles. The molecule has 0 N–H and O–H groups in total. The van der Waals surface area contributed by atoms with Crippen LogP contribution in [0.2, 0.25) is 0 Å². The van der Waals surface area contributed by atoms with E-state index in [1.807, 2.05) is 48.5 Å². The summed E-state index contributed by atoms with van der Waals surface area (Å²) in [4.78, 5) is 0. The molecule has 0 unspecified atom stereocenters. The van der Waals surface area contributed by atoms with Gasteiger partial charge in [-0.2, -0.15) is 35.9 Å². The van der Waals surface area contributed by atoms with Crippen molar-refractivity contribution in [1.82, 2.24) is 0 Å². The zero-order chi connectivity index (χ0) is 14.6. The molecule has 3 rings (SSSR count). The number of rotatable bonds is 6. The van der Waals surface area contributed by atoms with E-state index in [2.05, 4.69) is 36.4 Å². The summed E-state index contributed by atoms with van der Waals surface area (Å²) in [5, 5.41) is 0. The van der Waals surface area contributed by atoms with Crippen molar-refractivity contribution in [3.05, 3.63) is 96.1 Å². The molecule has 116 valence electrons. The van der Waals surface area contributed by atoms with Gasteiger partial charge in [0.25, 0.3) is 0 Å². The molecule has 0 fully saturated rings. The van der Waals surface area contributed by atoms with Crippen LogP contribution in [0.15, 0.2) is 84.9 Å². The molecule has 0 bridgehead atoms. The van der Waals surface area contributed by atoms with Gasteiger partial charge in [0, 0.05) is 6.61 Å². The summed E-state index contributed by atoms with van der Waals surface area (Å²) in [7, 11) is 0. The second-order valence-electron chi connectivity index (χ2n) is 4.90. The fourth-order valence-electron chi connectivity index (χ4n) is 2.04. The summed E-state index contributed by atoms with van der Waals surface area (Å²) in [6.45, 7) is 1.56. The topological polar surface area (TPSA) is 9.23 Å². The molecule has 22 heavy (non-hydrogen) atoms. The first-order valence-corrected chi connectivity index (χ1v) is 7.44. The van der Waals surface area contributed by atoms with Crippen LogP contribution in [0, 0.1) is 0 Å². The average molecular weight is 334 g/mol. The zero-order valence-electron chi connectivity index (χ0n) is 12.7. The van der Waals surface area contributed by atoms with Gasteiger partial charge in [-0.05, 0) is 12.0 Å². The third kappa shape index (κ3) is 7.99. The fourth-order valence-corrected chi connectivity index (χ4v) is 2.04. The minimum absolute atomic E-state index is 0. The Labute approximate surface area is 144 Å². The number of aryl methyl sites for hydroxylation is 1. The Bertz CT molecular complexity index is 523. The van der Waals surface area contributed by atoms with Crippen LogP contribution in [0.1, 0.15) is 17.5 Å². The van der Waals surface area contributed by atoms with E-state index in [0.717, 1.165) is 26.1 Å². The van der Waals surface area contributed by atoms with Crippen LogP contribution in [-0.4, -0.2) is 6.61 Å². The van der Waals surface area contributed by atoms with E-state index in [9.17, 15) is 0 Å². The largest absolute Gasteiger partial charge is 2.00 e. The fraction of sp³-hybridized carbons (Fsp3) is 0.200. The molecule has 0 aliphatic carbocycles. The van der Waals surface area contributed by atoms with E-state index in [-0.39, 0.29) is 17.1 Å². The smallest absolute Gasteiger partial charge is 0.377 e. The SMILES string of the molecule is [Fe+2].c1cc[cH-]c1.c1ccc(COCCC[c-]2cccc2)cc1. The Morgan fingerprint density at radius 2 is 1.55 bits per heavy atom. The van der Waals surface area contributed by atoms with E-state index < -0.39 is 0 Å². The van der Waals surface area contributed by atoms with Gasteiger partial charge in [0.2, 0.25) is 0 Å². The predicted octanol–water partition coefficient (Wildman–Crippen LogP) is 4.96. The van der Waals surface area contributed by atoms with Crippen molar-refractivity contribution in [2.75, 3.05) is 6.61 Å². The Morgan fingerprint density at radius 1 is 0.864 bits per heavy atom. The van der Waals surface area contributed by atoms with Crippen LogP contribution in [0.25, 0.3) is 0 Å². The van der Waals surface area contributed by atoms with Crippen molar-refractivity contribution in [3.8, 4) is 0 Å². The molecule has 0 spiro atoms. The molecule has 3 aromatic carbocycles. The van der Waals surface area contributed by atoms with E-state index in [0.29, 0.717) is 0 Å². The van der Waals surface area contributed by atoms with Gasteiger partial charge in [0.1, 0.15) is 0 Å². The molecule has 0 aliphatic rings. The first-order chi connectivity index (χ1) is 10.4. The van der Waals surface area contributed by atoms with Gasteiger partial charge in [0.15, 0.2) is 0 Å². The van der Waals surface area contributed by atoms with Gasteiger partial charge in [-0.15, -0.1) is 0 Å². The van der Waals surface area contributed by atoms with Crippen molar-refractivity contribution in [2.45, 2.75) is 19.4 Å². The van der Waals surface area contributed by atoms with Gasteiger partial charge in [-0.3, -0.25) is 0 Å². The second kappa shape index (κ2) is 12.0. The van der Waals surface area contributed by atoms with Crippen LogP contribution in [0.5, 0.6) is 0 Å². The molecule has 0 atom stereocenters. The maximum Gasteiger partial charge on any atom is 2.00 e. The second-order valence-corrected chi connectivity index (χ2v) is 4.90. The summed E-state index contributed by atoms with van der Waals surface area (Å²) in [6, 6.07) is 28.8. The first-order valence-electron chi connectivity index (χ1n) is 7.44. The van der Waals surface area contributed by atoms with Crippen molar-refractivity contribution < 1.29 is 21.8 Å². The van der Waals surface area contributed by atoms with Crippen LogP contribution in [0.4, 0.5) is 0 Å². The van der Waals surface area contributed by atoms with E-state index in [4.69, 9.17) is 4.74 Å². The van der Waals surface area contributed by atoms with Crippen LogP contribution in [-0.2, 0) is 34.8 Å². The number of benzene rings is 1. The number of hydrogen-bond donors (Lipinski definition) is 0. The molecule has 1 nitrogen and oxygen atoms in total. The summed E-state index contributed by atoms with van der Waals surface area (Å²) in [5.74, 6) is 0. The minimum atomic E-state index is 0. The maximum atomic E-state index is 5.62. The Hall–Kier alpha value is -1.60. The van der Waals surface area contributed by atoms with Gasteiger partial charge in [-0.25, -0.2) is 24.3 Å². The van der Waals surface area contributed by atoms with E-state index >= 15 is 0 Å². The normalized spacial score (nSPS) is 9.45. The van der Waals surface area contributed by atoms with Gasteiger partial charge in [0.05, 0.1) is 6.61 Å². The molecular formula is C20H22FeO. The van der Waals surface area contributed by atoms with Crippen molar-refractivity contribution >= 4 is 0 Å². The minimum Gasteiger partial charge on any atom is -0.377 e. The molecule has 2 heteroatoms. The van der Waals surface area contributed by atoms with Crippen molar-refractivity contribution in [1.29, 1.82) is 0 Å². The monoisotopic (exact) mass is 334 g/mol. The van der Waals surface area contributed by atoms with Crippen molar-refractivity contribution in [3.63, 3.8) is 0 Å². The third-order valence-electron chi connectivity index (χ3n) is 3.15. The quantitative estimate of drug-likeness (QED) is 0.352. The Kier molecular flexibility index (Phi) is 10.1. The molecule has 0 aliphatic heterocycles. The molecule has 0 aromatic heterocycles. The molecule has 0 radical (unpaired) electrons. The summed E-state index contributed by atoms with van der Waals surface area (Å²) >= 11 is 0. The first kappa shape index (κ1) is 18.4. The molecule has 3 aromatic rings. The van der Waals surface area contributed by atoms with E-state index in [1.54, 1.807) is 0 Å². The van der Waals surface area contributed by atoms with Crippen LogP contribution < -0.4 is 0 Å². The molecule has 0 saturated carbocycles. The summed E-state index contributed by atoms with van der Waals surface area (Å²) < 4.78 is 5.62. The van der Waals surface area contributed by atoms with Gasteiger partial charge in [-0.1, -0.05) is 36.8 Å². The number of ether oxygens (including phenoxy) is 1. The standard InChI is InChI=1S/C15H17O.C5H5.Fe/c1-2-9-15(10-3-1)13-16-12-6-11-14-7-4-5-8-14;1-2-4-5-3-1;/h1-5,7-10H,6,11-13H2;1-5H;/q2*-1;+2.